The minimum atomic E-state index is -0.795. The summed E-state index contributed by atoms with van der Waals surface area (Å²) >= 11 is 0. The molecule has 0 saturated carbocycles. The van der Waals surface area contributed by atoms with E-state index in [2.05, 4.69) is 45.1 Å². The van der Waals surface area contributed by atoms with Crippen molar-refractivity contribution in [2.45, 2.75) is 219 Å². The molecule has 0 heterocycles. The first kappa shape index (κ1) is 55.6. The molecule has 0 aromatic carbocycles. The van der Waals surface area contributed by atoms with Crippen molar-refractivity contribution < 1.29 is 28.6 Å². The Morgan fingerprint density at radius 3 is 1.15 bits per heavy atom. The molecule has 1 unspecified atom stereocenters. The Morgan fingerprint density at radius 2 is 0.695 bits per heavy atom. The fourth-order valence-corrected chi connectivity index (χ4v) is 6.39. The molecule has 0 aliphatic carbocycles. The molecule has 336 valence electrons. The smallest absolute Gasteiger partial charge is 0.306 e. The summed E-state index contributed by atoms with van der Waals surface area (Å²) in [4.78, 5) is 37.8. The van der Waals surface area contributed by atoms with E-state index >= 15 is 0 Å². The molecule has 0 fully saturated rings. The van der Waals surface area contributed by atoms with Crippen molar-refractivity contribution in [1.29, 1.82) is 0 Å². The number of hydrogen-bond donors (Lipinski definition) is 0. The van der Waals surface area contributed by atoms with Gasteiger partial charge in [-0.15, -0.1) is 0 Å². The summed E-state index contributed by atoms with van der Waals surface area (Å²) in [6.45, 7) is 6.39. The number of ether oxygens (including phenoxy) is 3. The second kappa shape index (κ2) is 47.3. The summed E-state index contributed by atoms with van der Waals surface area (Å²) < 4.78 is 16.7. The molecule has 6 heteroatoms. The number of esters is 3. The fraction of sp³-hybridized carbons (Fsp3) is 0.679. The van der Waals surface area contributed by atoms with Crippen LogP contribution in [0.1, 0.15) is 213 Å². The maximum atomic E-state index is 12.7. The Labute approximate surface area is 363 Å². The highest BCUT2D eigenvalue weighted by molar-refractivity contribution is 5.71. The molecule has 0 radical (unpaired) electrons. The van der Waals surface area contributed by atoms with Crippen LogP contribution in [0.2, 0.25) is 0 Å². The second-order valence-corrected chi connectivity index (χ2v) is 15.8. The van der Waals surface area contributed by atoms with Gasteiger partial charge in [-0.3, -0.25) is 14.4 Å². The minimum absolute atomic E-state index is 0.0949. The van der Waals surface area contributed by atoms with Crippen molar-refractivity contribution >= 4 is 17.9 Å². The highest BCUT2D eigenvalue weighted by atomic mass is 16.6. The zero-order valence-corrected chi connectivity index (χ0v) is 38.2. The first-order valence-corrected chi connectivity index (χ1v) is 24.2. The normalized spacial score (nSPS) is 12.8. The topological polar surface area (TPSA) is 78.9 Å². The summed E-state index contributed by atoms with van der Waals surface area (Å²) in [6.07, 6.45) is 59.9. The van der Waals surface area contributed by atoms with Gasteiger partial charge in [0.2, 0.25) is 0 Å². The lowest BCUT2D eigenvalue weighted by atomic mass is 10.0. The van der Waals surface area contributed by atoms with Gasteiger partial charge in [0, 0.05) is 19.3 Å². The zero-order chi connectivity index (χ0) is 43.0. The van der Waals surface area contributed by atoms with Crippen molar-refractivity contribution in [3.05, 3.63) is 85.1 Å². The molecular weight excluding hydrogens is 733 g/mol. The van der Waals surface area contributed by atoms with E-state index in [4.69, 9.17) is 14.2 Å². The number of allylic oxidation sites excluding steroid dienone is 14. The third-order valence-electron chi connectivity index (χ3n) is 10.0. The Morgan fingerprint density at radius 1 is 0.356 bits per heavy atom. The molecule has 1 atom stereocenters. The van der Waals surface area contributed by atoms with Gasteiger partial charge in [-0.1, -0.05) is 221 Å². The molecule has 6 nitrogen and oxygen atoms in total. The average molecular weight is 821 g/mol. The predicted molar refractivity (Wildman–Crippen MR) is 251 cm³/mol. The van der Waals surface area contributed by atoms with Crippen molar-refractivity contribution in [3.8, 4) is 0 Å². The lowest BCUT2D eigenvalue weighted by molar-refractivity contribution is -0.167. The van der Waals surface area contributed by atoms with Crippen molar-refractivity contribution in [1.82, 2.24) is 0 Å². The van der Waals surface area contributed by atoms with Gasteiger partial charge in [0.1, 0.15) is 13.2 Å². The highest BCUT2D eigenvalue weighted by Crippen LogP contribution is 2.14. The quantitative estimate of drug-likeness (QED) is 0.0201. The molecular formula is C53H88O6. The largest absolute Gasteiger partial charge is 0.462 e. The van der Waals surface area contributed by atoms with Crippen LogP contribution in [0.4, 0.5) is 0 Å². The average Bonchev–Trinajstić information content (AvgIpc) is 3.23. The van der Waals surface area contributed by atoms with Gasteiger partial charge in [-0.25, -0.2) is 0 Å². The van der Waals surface area contributed by atoms with Crippen LogP contribution in [0.5, 0.6) is 0 Å². The summed E-state index contributed by atoms with van der Waals surface area (Å²) in [5, 5.41) is 0. The lowest BCUT2D eigenvalue weighted by Crippen LogP contribution is -2.30. The molecule has 0 aromatic heterocycles. The van der Waals surface area contributed by atoms with Crippen molar-refractivity contribution in [2.24, 2.45) is 0 Å². The Kier molecular flexibility index (Phi) is 44.5. The third kappa shape index (κ3) is 45.5. The first-order chi connectivity index (χ1) is 29.0. The van der Waals surface area contributed by atoms with Crippen molar-refractivity contribution in [3.63, 3.8) is 0 Å². The molecule has 0 aromatic rings. The van der Waals surface area contributed by atoms with E-state index in [1.54, 1.807) is 0 Å². The maximum Gasteiger partial charge on any atom is 0.306 e. The van der Waals surface area contributed by atoms with Crippen molar-refractivity contribution in [2.75, 3.05) is 13.2 Å². The van der Waals surface area contributed by atoms with E-state index in [1.807, 2.05) is 60.8 Å². The van der Waals surface area contributed by atoms with E-state index in [-0.39, 0.29) is 31.1 Å². The number of carbonyl (C=O) groups is 3. The van der Waals surface area contributed by atoms with Crippen LogP contribution in [0.15, 0.2) is 85.1 Å². The van der Waals surface area contributed by atoms with Gasteiger partial charge in [0.05, 0.1) is 0 Å². The fourth-order valence-electron chi connectivity index (χ4n) is 6.39. The zero-order valence-electron chi connectivity index (χ0n) is 38.2. The second-order valence-electron chi connectivity index (χ2n) is 15.8. The molecule has 0 aliphatic heterocycles. The predicted octanol–water partition coefficient (Wildman–Crippen LogP) is 15.6. The van der Waals surface area contributed by atoms with Gasteiger partial charge >= 0.3 is 17.9 Å². The molecule has 0 spiro atoms. The molecule has 0 aliphatic rings. The SMILES string of the molecule is CC\C=C/C=C\C=C/C=C\C=C\C=C/CCCCCC(=O)OCC(COC(=O)CCCCCCC/C=C\CCCC)OC(=O)CCCCCCCCCCCCCCC. The number of rotatable bonds is 42. The molecule has 0 N–H and O–H groups in total. The Hall–Kier alpha value is -3.41. The summed E-state index contributed by atoms with van der Waals surface area (Å²) in [7, 11) is 0. The van der Waals surface area contributed by atoms with Crippen LogP contribution in [0.25, 0.3) is 0 Å². The van der Waals surface area contributed by atoms with E-state index < -0.39 is 6.10 Å². The van der Waals surface area contributed by atoms with Crippen LogP contribution in [0, 0.1) is 0 Å². The van der Waals surface area contributed by atoms with Gasteiger partial charge in [-0.2, -0.15) is 0 Å². The van der Waals surface area contributed by atoms with Crippen LogP contribution < -0.4 is 0 Å². The monoisotopic (exact) mass is 821 g/mol. The van der Waals surface area contributed by atoms with E-state index in [1.165, 1.54) is 89.9 Å². The van der Waals surface area contributed by atoms with Gasteiger partial charge < -0.3 is 14.2 Å². The molecule has 0 rings (SSSR count). The standard InChI is InChI=1S/C53H88O6/c1-4-7-10-13-16-19-22-24-25-26-27-29-31-34-37-40-43-46-52(55)58-49-50(48-57-51(54)45-42-39-36-33-30-21-18-15-12-9-6-3)59-53(56)47-44-41-38-35-32-28-23-20-17-14-11-8-5-2/h7,10,13,15-16,18-19,22,24-27,29,31,50H,4-6,8-9,11-12,14,17,20-21,23,28,30,32-49H2,1-3H3/b10-7-,16-13-,18-15-,22-19-,25-24-,27-26+,31-29-. The van der Waals surface area contributed by atoms with Gasteiger partial charge in [0.15, 0.2) is 6.10 Å². The minimum Gasteiger partial charge on any atom is -0.462 e. The van der Waals surface area contributed by atoms with Gasteiger partial charge in [0.25, 0.3) is 0 Å². The third-order valence-corrected chi connectivity index (χ3v) is 10.0. The van der Waals surface area contributed by atoms with Crippen LogP contribution in [-0.2, 0) is 28.6 Å². The van der Waals surface area contributed by atoms with Gasteiger partial charge in [-0.05, 0) is 57.8 Å². The molecule has 59 heavy (non-hydrogen) atoms. The molecule has 0 bridgehead atoms. The Bertz CT molecular complexity index is 1170. The molecule has 0 saturated heterocycles. The van der Waals surface area contributed by atoms with E-state index in [0.717, 1.165) is 83.5 Å². The number of unbranched alkanes of at least 4 members (excludes halogenated alkanes) is 22. The maximum absolute atomic E-state index is 12.7. The lowest BCUT2D eigenvalue weighted by Gasteiger charge is -2.18. The summed E-state index contributed by atoms with van der Waals surface area (Å²) in [6, 6.07) is 0. The summed E-state index contributed by atoms with van der Waals surface area (Å²) in [5.74, 6) is -0.952. The Balaban J connectivity index is 4.48. The van der Waals surface area contributed by atoms with E-state index in [0.29, 0.717) is 19.3 Å². The van der Waals surface area contributed by atoms with Crippen LogP contribution in [-0.4, -0.2) is 37.2 Å². The first-order valence-electron chi connectivity index (χ1n) is 24.2. The molecule has 0 amide bonds. The number of hydrogen-bond acceptors (Lipinski definition) is 6. The van der Waals surface area contributed by atoms with E-state index in [9.17, 15) is 14.4 Å². The summed E-state index contributed by atoms with van der Waals surface area (Å²) in [5.41, 5.74) is 0. The number of carbonyl (C=O) groups excluding carboxylic acids is 3. The van der Waals surface area contributed by atoms with Crippen LogP contribution >= 0.6 is 0 Å². The highest BCUT2D eigenvalue weighted by Gasteiger charge is 2.19. The van der Waals surface area contributed by atoms with Crippen LogP contribution in [0.3, 0.4) is 0 Å².